The van der Waals surface area contributed by atoms with Crippen LogP contribution in [0.3, 0.4) is 0 Å². The molecule has 0 amide bonds. The SMILES string of the molecule is CN(CCc1c[nH]c2ccccc12)c1nc(Nc2ccc3ccccc3c2)cc(N2CCCCC2)n1.COCCN(c1nc(Nc2ccc(C)cc2)cc(N2CCCCC2)n1)C1CCCCC1.Cc1ccc(Nc2cc(N3CCCCC3)nc(N(C)C3CCCCC3)n2)cc1.Cc1ccc(Nc2cc(N3CCCCC3)nc(N(C)CCc3c[nH]c4ccccc34)n2)cc1. The van der Waals surface area contributed by atoms with E-state index in [0.717, 1.165) is 178 Å². The number of nitrogens with one attached hydrogen (secondary N) is 6. The zero-order chi connectivity index (χ0) is 87.8. The Morgan fingerprint density at radius 3 is 1.09 bits per heavy atom. The largest absolute Gasteiger partial charge is 0.383 e. The summed E-state index contributed by atoms with van der Waals surface area (Å²) in [5.74, 6) is 10.7. The number of hydrogen-bond donors (Lipinski definition) is 6. The molecule has 0 radical (unpaired) electrons. The Kier molecular flexibility index (Phi) is 31.0. The number of nitrogens with zero attached hydrogens (tertiary/aromatic N) is 16. The lowest BCUT2D eigenvalue weighted by atomic mass is 9.94. The summed E-state index contributed by atoms with van der Waals surface area (Å²) in [7, 11) is 8.11. The van der Waals surface area contributed by atoms with Crippen molar-refractivity contribution in [3.8, 4) is 0 Å². The molecule has 6 aromatic heterocycles. The number of benzene rings is 7. The zero-order valence-electron chi connectivity index (χ0n) is 76.7. The molecule has 23 heteroatoms. The summed E-state index contributed by atoms with van der Waals surface area (Å²) in [4.78, 5) is 65.2. The minimum Gasteiger partial charge on any atom is -0.383 e. The summed E-state index contributed by atoms with van der Waals surface area (Å²) in [6.45, 7) is 18.0. The van der Waals surface area contributed by atoms with Crippen LogP contribution < -0.4 is 60.5 Å². The Hall–Kier alpha value is -12.2. The fraction of sp³-hybridized carbons (Fsp3) is 0.429. The van der Waals surface area contributed by atoms with E-state index in [1.165, 1.54) is 202 Å². The third kappa shape index (κ3) is 24.3. The molecular formula is C105H134N22O. The van der Waals surface area contributed by atoms with Crippen molar-refractivity contribution in [2.75, 3.05) is 167 Å². The molecule has 4 aliphatic heterocycles. The second-order valence-corrected chi connectivity index (χ2v) is 35.9. The summed E-state index contributed by atoms with van der Waals surface area (Å²) in [6, 6.07) is 66.6. The van der Waals surface area contributed by atoms with E-state index >= 15 is 0 Å². The Bertz CT molecular complexity index is 5630. The van der Waals surface area contributed by atoms with Gasteiger partial charge in [0.15, 0.2) is 0 Å². The number of aromatic nitrogens is 10. The number of aryl methyl sites for hydroxylation is 3. The molecule has 6 fully saturated rings. The van der Waals surface area contributed by atoms with Gasteiger partial charge in [-0.25, -0.2) is 0 Å². The maximum atomic E-state index is 5.45. The van der Waals surface area contributed by atoms with E-state index in [0.29, 0.717) is 18.7 Å². The third-order valence-electron chi connectivity index (χ3n) is 26.2. The maximum Gasteiger partial charge on any atom is 0.229 e. The highest BCUT2D eigenvalue weighted by Gasteiger charge is 2.28. The molecule has 23 nitrogen and oxygen atoms in total. The van der Waals surface area contributed by atoms with Crippen LogP contribution in [-0.4, -0.2) is 169 Å². The average molecular weight is 1720 g/mol. The minimum absolute atomic E-state index is 0.493. The molecule has 0 atom stereocenters. The lowest BCUT2D eigenvalue weighted by Crippen LogP contribution is -2.40. The van der Waals surface area contributed by atoms with Crippen LogP contribution in [0.2, 0.25) is 0 Å². The van der Waals surface area contributed by atoms with Crippen LogP contribution >= 0.6 is 0 Å². The van der Waals surface area contributed by atoms with E-state index in [2.05, 4.69) is 313 Å². The van der Waals surface area contributed by atoms with Crippen molar-refractivity contribution < 1.29 is 4.74 Å². The first-order valence-corrected chi connectivity index (χ1v) is 47.6. The number of fused-ring (bicyclic) bond motifs is 3. The Morgan fingerprint density at radius 1 is 0.336 bits per heavy atom. The summed E-state index contributed by atoms with van der Waals surface area (Å²) >= 11 is 0. The van der Waals surface area contributed by atoms with E-state index in [1.807, 2.05) is 0 Å². The summed E-state index contributed by atoms with van der Waals surface area (Å²) < 4.78 is 5.45. The molecular weight excluding hydrogens is 1590 g/mol. The number of para-hydroxylation sites is 2. The second-order valence-electron chi connectivity index (χ2n) is 35.9. The van der Waals surface area contributed by atoms with Gasteiger partial charge in [-0.05, 0) is 219 Å². The van der Waals surface area contributed by atoms with Gasteiger partial charge in [0, 0.05) is 194 Å². The normalized spacial score (nSPS) is 15.7. The van der Waals surface area contributed by atoms with Gasteiger partial charge < -0.3 is 75.2 Å². The molecule has 2 saturated carbocycles. The highest BCUT2D eigenvalue weighted by molar-refractivity contribution is 5.87. The number of ether oxygens (including phenoxy) is 1. The lowest BCUT2D eigenvalue weighted by molar-refractivity contribution is 0.200. The number of piperidine rings is 4. The van der Waals surface area contributed by atoms with Crippen molar-refractivity contribution in [1.29, 1.82) is 0 Å². The molecule has 4 saturated heterocycles. The standard InChI is InChI=1S/C30H32N6.C27H32N6.C25H37N5O.C23H33N5/c1-35(18-15-24-21-31-27-12-6-5-11-26(24)27)30-33-28(20-29(34-30)36-16-7-2-8-17-36)32-25-14-13-22-9-3-4-10-23(22)19-25;1-20-10-12-22(13-11-20)29-25-18-26(33-15-6-3-7-16-33)31-27(30-25)32(2)17-14-21-19-28-24-9-5-4-8-23(21)24;1-20-11-13-21(14-12-20)26-23-19-24(29-15-7-4-8-16-29)28-25(27-23)30(17-18-31-2)22-9-5-3-6-10-22;1-18-11-13-19(14-12-18)24-21-17-22(28-15-7-4-8-16-28)26-23(25-21)27(2)20-9-5-3-6-10-20/h3-6,9-14,19-21,31H,2,7-8,15-18H2,1H3,(H,32,33,34);4-5,8-13,18-19,28H,3,6-7,14-17H2,1-2H3,(H,29,30,31);11-14,19,22H,3-10,15-18H2,1-2H3,(H,26,27,28);11-14,17,20H,3-10,15-16H2,1-2H3,(H,24,25,26). The molecule has 0 spiro atoms. The monoisotopic (exact) mass is 1720 g/mol. The number of anilines is 16. The van der Waals surface area contributed by atoms with Gasteiger partial charge in [0.1, 0.15) is 46.5 Å². The van der Waals surface area contributed by atoms with E-state index in [-0.39, 0.29) is 0 Å². The van der Waals surface area contributed by atoms with E-state index in [4.69, 9.17) is 44.6 Å². The van der Waals surface area contributed by atoms with Crippen molar-refractivity contribution in [3.05, 3.63) is 228 Å². The molecule has 0 unspecified atom stereocenters. The highest BCUT2D eigenvalue weighted by atomic mass is 16.5. The summed E-state index contributed by atoms with van der Waals surface area (Å²) in [5, 5.41) is 19.1. The van der Waals surface area contributed by atoms with E-state index in [1.54, 1.807) is 7.11 Å². The molecule has 670 valence electrons. The van der Waals surface area contributed by atoms with E-state index in [9.17, 15) is 0 Å². The van der Waals surface area contributed by atoms with Crippen LogP contribution in [0.1, 0.15) is 169 Å². The maximum absolute atomic E-state index is 5.45. The first-order chi connectivity index (χ1) is 62.8. The Morgan fingerprint density at radius 2 is 0.672 bits per heavy atom. The fourth-order valence-corrected chi connectivity index (χ4v) is 18.6. The smallest absolute Gasteiger partial charge is 0.229 e. The van der Waals surface area contributed by atoms with Crippen LogP contribution in [0.25, 0.3) is 32.6 Å². The summed E-state index contributed by atoms with van der Waals surface area (Å²) in [5.41, 5.74) is 13.0. The van der Waals surface area contributed by atoms with Gasteiger partial charge in [-0.15, -0.1) is 0 Å². The van der Waals surface area contributed by atoms with Gasteiger partial charge >= 0.3 is 0 Å². The van der Waals surface area contributed by atoms with Gasteiger partial charge in [0.2, 0.25) is 23.8 Å². The molecule has 6 N–H and O–H groups in total. The quantitative estimate of drug-likeness (QED) is 0.0282. The van der Waals surface area contributed by atoms with Crippen LogP contribution in [0.15, 0.2) is 200 Å². The predicted octanol–water partition coefficient (Wildman–Crippen LogP) is 22.8. The number of aromatic amines is 2. The average Bonchev–Trinajstić information content (AvgIpc) is 1.08. The van der Waals surface area contributed by atoms with Gasteiger partial charge in [0.25, 0.3) is 0 Å². The number of hydrogen-bond acceptors (Lipinski definition) is 21. The molecule has 19 rings (SSSR count). The lowest BCUT2D eigenvalue weighted by Gasteiger charge is -2.35. The molecule has 2 aliphatic carbocycles. The van der Waals surface area contributed by atoms with Gasteiger partial charge in [-0.1, -0.05) is 158 Å². The number of methoxy groups -OCH3 is 1. The zero-order valence-corrected chi connectivity index (χ0v) is 76.7. The van der Waals surface area contributed by atoms with Crippen LogP contribution in [0, 0.1) is 20.8 Å². The highest BCUT2D eigenvalue weighted by Crippen LogP contribution is 2.36. The predicted molar refractivity (Wildman–Crippen MR) is 535 cm³/mol. The summed E-state index contributed by atoms with van der Waals surface area (Å²) in [6.07, 6.45) is 33.9. The van der Waals surface area contributed by atoms with Crippen molar-refractivity contribution in [3.63, 3.8) is 0 Å². The second kappa shape index (κ2) is 44.5. The first-order valence-electron chi connectivity index (χ1n) is 47.6. The molecule has 7 aromatic carbocycles. The molecule has 6 aliphatic rings. The van der Waals surface area contributed by atoms with Crippen LogP contribution in [0.5, 0.6) is 0 Å². The van der Waals surface area contributed by atoms with E-state index < -0.39 is 0 Å². The Balaban J connectivity index is 0.000000126. The number of likely N-dealkylation sites (N-methyl/N-ethyl adjacent to an activating group) is 2. The van der Waals surface area contributed by atoms with Crippen molar-refractivity contribution in [2.24, 2.45) is 0 Å². The van der Waals surface area contributed by atoms with Crippen molar-refractivity contribution in [1.82, 2.24) is 49.8 Å². The van der Waals surface area contributed by atoms with Crippen LogP contribution in [-0.2, 0) is 17.6 Å². The van der Waals surface area contributed by atoms with Gasteiger partial charge in [-0.2, -0.15) is 39.9 Å². The number of rotatable bonds is 27. The molecule has 13 aromatic rings. The molecule has 128 heavy (non-hydrogen) atoms. The van der Waals surface area contributed by atoms with Crippen molar-refractivity contribution >= 4 is 126 Å². The third-order valence-corrected chi connectivity index (χ3v) is 26.2. The van der Waals surface area contributed by atoms with Gasteiger partial charge in [0.05, 0.1) is 6.61 Å². The molecule has 0 bridgehead atoms. The van der Waals surface area contributed by atoms with Gasteiger partial charge in [-0.3, -0.25) is 0 Å². The Labute approximate surface area is 758 Å². The first kappa shape index (κ1) is 89.2. The van der Waals surface area contributed by atoms with Crippen LogP contribution in [0.4, 0.5) is 93.1 Å². The minimum atomic E-state index is 0.493. The van der Waals surface area contributed by atoms with Crippen molar-refractivity contribution in [2.45, 2.75) is 187 Å². The number of H-pyrrole nitrogens is 2. The topological polar surface area (TPSA) is 218 Å². The molecule has 10 heterocycles. The fourth-order valence-electron chi connectivity index (χ4n) is 18.6.